The highest BCUT2D eigenvalue weighted by molar-refractivity contribution is 6.63. The molecule has 0 N–H and O–H groups in total. The molecule has 1 unspecified atom stereocenters. The van der Waals surface area contributed by atoms with E-state index in [1.54, 1.807) is 0 Å². The molecule has 0 aliphatic carbocycles. The molecule has 4 heteroatoms. The number of nitrogens with zero attached hydrogens (tertiary/aromatic N) is 1. The number of carbonyl (C=O) groups is 2. The molecular formula is C15H18ClNO2. The maximum absolute atomic E-state index is 12.2. The normalized spacial score (nSPS) is 18.0. The van der Waals surface area contributed by atoms with Gasteiger partial charge in [0, 0.05) is 19.4 Å². The smallest absolute Gasteiger partial charge is 0.224 e. The van der Waals surface area contributed by atoms with Crippen LogP contribution in [0.3, 0.4) is 0 Å². The van der Waals surface area contributed by atoms with Gasteiger partial charge in [-0.05, 0) is 35.6 Å². The van der Waals surface area contributed by atoms with E-state index in [1.165, 1.54) is 5.56 Å². The Morgan fingerprint density at radius 3 is 2.79 bits per heavy atom. The van der Waals surface area contributed by atoms with E-state index in [2.05, 4.69) is 6.07 Å². The van der Waals surface area contributed by atoms with Gasteiger partial charge in [0.25, 0.3) is 0 Å². The SMILES string of the molecule is CCCC(=O)N1CCc2ccccc2C1CC(=O)Cl. The first kappa shape index (κ1) is 14.1. The zero-order valence-electron chi connectivity index (χ0n) is 11.1. The van der Waals surface area contributed by atoms with Gasteiger partial charge in [0.15, 0.2) is 0 Å². The van der Waals surface area contributed by atoms with E-state index in [9.17, 15) is 9.59 Å². The van der Waals surface area contributed by atoms with Gasteiger partial charge in [-0.1, -0.05) is 31.2 Å². The molecule has 0 fully saturated rings. The van der Waals surface area contributed by atoms with Gasteiger partial charge < -0.3 is 4.90 Å². The van der Waals surface area contributed by atoms with Crippen LogP contribution in [0.5, 0.6) is 0 Å². The highest BCUT2D eigenvalue weighted by Crippen LogP contribution is 2.33. The highest BCUT2D eigenvalue weighted by Gasteiger charge is 2.31. The maximum atomic E-state index is 12.2. The minimum absolute atomic E-state index is 0.111. The number of fused-ring (bicyclic) bond motifs is 1. The second-order valence-electron chi connectivity index (χ2n) is 4.86. The number of amides is 1. The fraction of sp³-hybridized carbons (Fsp3) is 0.467. The Morgan fingerprint density at radius 2 is 2.11 bits per heavy atom. The van der Waals surface area contributed by atoms with Gasteiger partial charge >= 0.3 is 0 Å². The highest BCUT2D eigenvalue weighted by atomic mass is 35.5. The minimum atomic E-state index is -0.393. The summed E-state index contributed by atoms with van der Waals surface area (Å²) in [4.78, 5) is 25.3. The second-order valence-corrected chi connectivity index (χ2v) is 5.28. The summed E-state index contributed by atoms with van der Waals surface area (Å²) >= 11 is 5.55. The molecule has 0 saturated carbocycles. The van der Waals surface area contributed by atoms with E-state index in [4.69, 9.17) is 11.6 Å². The Bertz CT molecular complexity index is 487. The molecule has 0 saturated heterocycles. The summed E-state index contributed by atoms with van der Waals surface area (Å²) in [6.45, 7) is 2.65. The van der Waals surface area contributed by atoms with Gasteiger partial charge in [0.2, 0.25) is 11.1 Å². The van der Waals surface area contributed by atoms with E-state index in [0.717, 1.165) is 18.4 Å². The predicted molar refractivity (Wildman–Crippen MR) is 75.0 cm³/mol. The van der Waals surface area contributed by atoms with E-state index in [-0.39, 0.29) is 18.4 Å². The molecule has 1 amide bonds. The number of hydrogen-bond acceptors (Lipinski definition) is 2. The molecule has 1 aromatic carbocycles. The van der Waals surface area contributed by atoms with Crippen molar-refractivity contribution in [2.75, 3.05) is 6.54 Å². The fourth-order valence-corrected chi connectivity index (χ4v) is 2.83. The summed E-state index contributed by atoms with van der Waals surface area (Å²) in [5, 5.41) is -0.393. The average molecular weight is 280 g/mol. The van der Waals surface area contributed by atoms with Crippen LogP contribution in [0.2, 0.25) is 0 Å². The molecule has 0 aromatic heterocycles. The van der Waals surface area contributed by atoms with Crippen LogP contribution in [0.15, 0.2) is 24.3 Å². The van der Waals surface area contributed by atoms with E-state index in [0.29, 0.717) is 13.0 Å². The van der Waals surface area contributed by atoms with Crippen molar-refractivity contribution in [3.63, 3.8) is 0 Å². The minimum Gasteiger partial charge on any atom is -0.335 e. The largest absolute Gasteiger partial charge is 0.335 e. The Hall–Kier alpha value is -1.35. The molecule has 0 radical (unpaired) electrons. The van der Waals surface area contributed by atoms with E-state index >= 15 is 0 Å². The van der Waals surface area contributed by atoms with E-state index in [1.807, 2.05) is 30.0 Å². The van der Waals surface area contributed by atoms with Crippen LogP contribution >= 0.6 is 11.6 Å². The van der Waals surface area contributed by atoms with Crippen LogP contribution in [0.25, 0.3) is 0 Å². The van der Waals surface area contributed by atoms with Gasteiger partial charge in [-0.3, -0.25) is 9.59 Å². The van der Waals surface area contributed by atoms with Crippen LogP contribution < -0.4 is 0 Å². The third-order valence-corrected chi connectivity index (χ3v) is 3.70. The first-order valence-corrected chi connectivity index (χ1v) is 7.07. The van der Waals surface area contributed by atoms with Gasteiger partial charge in [0.05, 0.1) is 6.04 Å². The van der Waals surface area contributed by atoms with Crippen molar-refractivity contribution >= 4 is 22.8 Å². The number of halogens is 1. The lowest BCUT2D eigenvalue weighted by Gasteiger charge is -2.37. The fourth-order valence-electron chi connectivity index (χ4n) is 2.68. The van der Waals surface area contributed by atoms with Crippen molar-refractivity contribution in [3.05, 3.63) is 35.4 Å². The number of rotatable bonds is 4. The van der Waals surface area contributed by atoms with Crippen LogP contribution in [0, 0.1) is 0 Å². The monoisotopic (exact) mass is 279 g/mol. The third kappa shape index (κ3) is 3.16. The molecule has 19 heavy (non-hydrogen) atoms. The Morgan fingerprint density at radius 1 is 1.37 bits per heavy atom. The lowest BCUT2D eigenvalue weighted by molar-refractivity contribution is -0.134. The Balaban J connectivity index is 2.31. The second kappa shape index (κ2) is 6.20. The molecular weight excluding hydrogens is 262 g/mol. The zero-order valence-corrected chi connectivity index (χ0v) is 11.8. The molecule has 1 atom stereocenters. The van der Waals surface area contributed by atoms with Crippen molar-refractivity contribution in [2.45, 2.75) is 38.6 Å². The molecule has 0 spiro atoms. The summed E-state index contributed by atoms with van der Waals surface area (Å²) in [5.41, 5.74) is 2.28. The molecule has 1 aromatic rings. The van der Waals surface area contributed by atoms with E-state index < -0.39 is 5.24 Å². The van der Waals surface area contributed by atoms with Gasteiger partial charge in [-0.2, -0.15) is 0 Å². The summed E-state index contributed by atoms with van der Waals surface area (Å²) in [5.74, 6) is 0.111. The number of carbonyl (C=O) groups excluding carboxylic acids is 2. The third-order valence-electron chi connectivity index (χ3n) is 3.55. The molecule has 2 rings (SSSR count). The average Bonchev–Trinajstić information content (AvgIpc) is 2.38. The van der Waals surface area contributed by atoms with Crippen molar-refractivity contribution in [1.29, 1.82) is 0 Å². The van der Waals surface area contributed by atoms with Crippen LogP contribution in [0.1, 0.15) is 43.4 Å². The summed E-state index contributed by atoms with van der Waals surface area (Å²) < 4.78 is 0. The zero-order chi connectivity index (χ0) is 13.8. The van der Waals surface area contributed by atoms with Crippen LogP contribution in [-0.2, 0) is 16.0 Å². The molecule has 0 bridgehead atoms. The predicted octanol–water partition coefficient (Wildman–Crippen LogP) is 3.07. The first-order chi connectivity index (χ1) is 9.13. The number of benzene rings is 1. The quantitative estimate of drug-likeness (QED) is 0.795. The lowest BCUT2D eigenvalue weighted by Crippen LogP contribution is -2.40. The molecule has 1 aliphatic rings. The summed E-state index contributed by atoms with van der Waals surface area (Å²) in [6, 6.07) is 7.78. The lowest BCUT2D eigenvalue weighted by atomic mass is 9.90. The number of hydrogen-bond donors (Lipinski definition) is 0. The van der Waals surface area contributed by atoms with Crippen molar-refractivity contribution < 1.29 is 9.59 Å². The Labute approximate surface area is 118 Å². The van der Waals surface area contributed by atoms with Gasteiger partial charge in [0.1, 0.15) is 0 Å². The van der Waals surface area contributed by atoms with Gasteiger partial charge in [-0.15, -0.1) is 0 Å². The molecule has 102 valence electrons. The topological polar surface area (TPSA) is 37.4 Å². The van der Waals surface area contributed by atoms with Crippen molar-refractivity contribution in [2.24, 2.45) is 0 Å². The Kier molecular flexibility index (Phi) is 4.59. The molecule has 3 nitrogen and oxygen atoms in total. The molecule has 1 heterocycles. The summed E-state index contributed by atoms with van der Waals surface area (Å²) in [7, 11) is 0. The maximum Gasteiger partial charge on any atom is 0.224 e. The van der Waals surface area contributed by atoms with Crippen LogP contribution in [-0.4, -0.2) is 22.6 Å². The van der Waals surface area contributed by atoms with Crippen LogP contribution in [0.4, 0.5) is 0 Å². The van der Waals surface area contributed by atoms with Crippen molar-refractivity contribution in [1.82, 2.24) is 4.90 Å². The van der Waals surface area contributed by atoms with Crippen molar-refractivity contribution in [3.8, 4) is 0 Å². The first-order valence-electron chi connectivity index (χ1n) is 6.69. The summed E-state index contributed by atoms with van der Waals surface area (Å²) in [6.07, 6.45) is 2.38. The standard InChI is InChI=1S/C15H18ClNO2/c1-2-5-15(19)17-9-8-11-6-3-4-7-12(11)13(17)10-14(16)18/h3-4,6-7,13H,2,5,8-10H2,1H3. The van der Waals surface area contributed by atoms with Gasteiger partial charge in [-0.25, -0.2) is 0 Å². The molecule has 1 aliphatic heterocycles.